The van der Waals surface area contributed by atoms with Crippen LogP contribution in [0.2, 0.25) is 0 Å². The van der Waals surface area contributed by atoms with Gasteiger partial charge >= 0.3 is 0 Å². The summed E-state index contributed by atoms with van der Waals surface area (Å²) < 4.78 is 0.936. The van der Waals surface area contributed by atoms with Crippen LogP contribution in [0.15, 0.2) is 9.98 Å². The second-order valence-electron chi connectivity index (χ2n) is 3.63. The van der Waals surface area contributed by atoms with E-state index < -0.39 is 0 Å². The highest BCUT2D eigenvalue weighted by atomic mass is 79.9. The van der Waals surface area contributed by atoms with Gasteiger partial charge < -0.3 is 5.32 Å². The number of thiazole rings is 1. The molecule has 2 unspecified atom stereocenters. The molecule has 1 N–H and O–H groups in total. The van der Waals surface area contributed by atoms with Crippen molar-refractivity contribution >= 4 is 32.4 Å². The smallest absolute Gasteiger partial charge is 0.183 e. The van der Waals surface area contributed by atoms with Gasteiger partial charge in [-0.1, -0.05) is 13.3 Å². The molecule has 1 aromatic heterocycles. The third-order valence-electron chi connectivity index (χ3n) is 2.65. The Labute approximate surface area is 90.9 Å². The molecule has 2 atom stereocenters. The number of anilines is 1. The van der Waals surface area contributed by atoms with Gasteiger partial charge in [0.25, 0.3) is 0 Å². The molecule has 1 aromatic rings. The summed E-state index contributed by atoms with van der Waals surface area (Å²) in [5, 5.41) is 6.55. The average Bonchev–Trinajstić information content (AvgIpc) is 2.64. The fraction of sp³-hybridized carbons (Fsp3) is 0.667. The zero-order valence-electron chi connectivity index (χ0n) is 7.59. The molecule has 2 rings (SSSR count). The summed E-state index contributed by atoms with van der Waals surface area (Å²) in [7, 11) is 0. The van der Waals surface area contributed by atoms with Crippen LogP contribution in [0, 0.1) is 5.92 Å². The highest BCUT2D eigenvalue weighted by molar-refractivity contribution is 9.10. The number of aromatic nitrogens is 1. The maximum absolute atomic E-state index is 4.33. The molecule has 2 nitrogen and oxygen atoms in total. The minimum atomic E-state index is 0.637. The molecule has 72 valence electrons. The molecule has 1 heterocycles. The van der Waals surface area contributed by atoms with Crippen molar-refractivity contribution in [3.63, 3.8) is 0 Å². The van der Waals surface area contributed by atoms with Crippen molar-refractivity contribution in [2.45, 2.75) is 32.2 Å². The van der Waals surface area contributed by atoms with Gasteiger partial charge in [-0.3, -0.25) is 0 Å². The summed E-state index contributed by atoms with van der Waals surface area (Å²) >= 11 is 5.03. The highest BCUT2D eigenvalue weighted by Gasteiger charge is 2.23. The van der Waals surface area contributed by atoms with Crippen molar-refractivity contribution in [2.75, 3.05) is 5.32 Å². The lowest BCUT2D eigenvalue weighted by atomic mass is 10.1. The molecule has 1 aliphatic rings. The quantitative estimate of drug-likeness (QED) is 0.881. The standard InChI is InChI=1S/C9H13BrN2S/c1-6-3-2-4-7(6)11-9-12-8(10)5-13-9/h5-7H,2-4H2,1H3,(H,11,12). The molecule has 0 saturated heterocycles. The van der Waals surface area contributed by atoms with Gasteiger partial charge in [0.1, 0.15) is 4.60 Å². The fourth-order valence-electron chi connectivity index (χ4n) is 1.84. The predicted octanol–water partition coefficient (Wildman–Crippen LogP) is 3.51. The Morgan fingerprint density at radius 2 is 2.46 bits per heavy atom. The number of nitrogens with zero attached hydrogens (tertiary/aromatic N) is 1. The molecule has 1 aliphatic carbocycles. The summed E-state index contributed by atoms with van der Waals surface area (Å²) in [5.41, 5.74) is 0. The first kappa shape index (κ1) is 9.46. The SMILES string of the molecule is CC1CCCC1Nc1nc(Br)cs1. The van der Waals surface area contributed by atoms with Crippen LogP contribution in [-0.4, -0.2) is 11.0 Å². The van der Waals surface area contributed by atoms with Crippen molar-refractivity contribution in [2.24, 2.45) is 5.92 Å². The summed E-state index contributed by atoms with van der Waals surface area (Å²) in [6.07, 6.45) is 3.99. The fourth-order valence-corrected chi connectivity index (χ4v) is 3.05. The van der Waals surface area contributed by atoms with E-state index in [0.29, 0.717) is 6.04 Å². The van der Waals surface area contributed by atoms with E-state index in [1.165, 1.54) is 19.3 Å². The van der Waals surface area contributed by atoms with E-state index in [4.69, 9.17) is 0 Å². The maximum Gasteiger partial charge on any atom is 0.183 e. The van der Waals surface area contributed by atoms with Crippen molar-refractivity contribution in [3.8, 4) is 0 Å². The third kappa shape index (κ3) is 2.23. The number of halogens is 1. The largest absolute Gasteiger partial charge is 0.358 e. The Bertz CT molecular complexity index is 287. The second kappa shape index (κ2) is 3.96. The minimum absolute atomic E-state index is 0.637. The second-order valence-corrected chi connectivity index (χ2v) is 5.30. The summed E-state index contributed by atoms with van der Waals surface area (Å²) in [4.78, 5) is 4.33. The first-order valence-corrected chi connectivity index (χ1v) is 6.30. The van der Waals surface area contributed by atoms with Crippen molar-refractivity contribution < 1.29 is 0 Å². The summed E-state index contributed by atoms with van der Waals surface area (Å²) in [6.45, 7) is 2.31. The van der Waals surface area contributed by atoms with Gasteiger partial charge in [0.05, 0.1) is 0 Å². The zero-order valence-corrected chi connectivity index (χ0v) is 9.99. The first-order valence-electron chi connectivity index (χ1n) is 4.63. The lowest BCUT2D eigenvalue weighted by molar-refractivity contribution is 0.556. The lowest BCUT2D eigenvalue weighted by Gasteiger charge is -2.15. The molecule has 0 radical (unpaired) electrons. The molecule has 0 aliphatic heterocycles. The molecule has 0 amide bonds. The Hall–Kier alpha value is -0.0900. The van der Waals surface area contributed by atoms with Crippen LogP contribution < -0.4 is 5.32 Å². The molecular formula is C9H13BrN2S. The Balaban J connectivity index is 1.97. The van der Waals surface area contributed by atoms with E-state index >= 15 is 0 Å². The molecule has 0 spiro atoms. The molecule has 1 saturated carbocycles. The van der Waals surface area contributed by atoms with Crippen molar-refractivity contribution in [3.05, 3.63) is 9.98 Å². The maximum atomic E-state index is 4.33. The Morgan fingerprint density at radius 3 is 3.00 bits per heavy atom. The van der Waals surface area contributed by atoms with Gasteiger partial charge in [0.15, 0.2) is 5.13 Å². The van der Waals surface area contributed by atoms with Crippen LogP contribution in [0.4, 0.5) is 5.13 Å². The van der Waals surface area contributed by atoms with E-state index in [1.807, 2.05) is 5.38 Å². The van der Waals surface area contributed by atoms with E-state index in [0.717, 1.165) is 15.7 Å². The molecule has 0 bridgehead atoms. The van der Waals surface area contributed by atoms with Gasteiger partial charge in [-0.15, -0.1) is 11.3 Å². The average molecular weight is 261 g/mol. The van der Waals surface area contributed by atoms with Gasteiger partial charge in [0, 0.05) is 11.4 Å². The van der Waals surface area contributed by atoms with Crippen LogP contribution in [-0.2, 0) is 0 Å². The van der Waals surface area contributed by atoms with Crippen LogP contribution in [0.25, 0.3) is 0 Å². The van der Waals surface area contributed by atoms with Gasteiger partial charge in [-0.25, -0.2) is 4.98 Å². The number of rotatable bonds is 2. The van der Waals surface area contributed by atoms with E-state index in [2.05, 4.69) is 33.2 Å². The zero-order chi connectivity index (χ0) is 9.26. The summed E-state index contributed by atoms with van der Waals surface area (Å²) in [5.74, 6) is 0.794. The van der Waals surface area contributed by atoms with E-state index in [9.17, 15) is 0 Å². The molecular weight excluding hydrogens is 248 g/mol. The van der Waals surface area contributed by atoms with Gasteiger partial charge in [0.2, 0.25) is 0 Å². The first-order chi connectivity index (χ1) is 6.25. The monoisotopic (exact) mass is 260 g/mol. The molecule has 4 heteroatoms. The number of hydrogen-bond acceptors (Lipinski definition) is 3. The highest BCUT2D eigenvalue weighted by Crippen LogP contribution is 2.29. The lowest BCUT2D eigenvalue weighted by Crippen LogP contribution is -2.21. The van der Waals surface area contributed by atoms with Crippen LogP contribution in [0.1, 0.15) is 26.2 Å². The van der Waals surface area contributed by atoms with Crippen LogP contribution in [0.5, 0.6) is 0 Å². The van der Waals surface area contributed by atoms with Crippen LogP contribution in [0.3, 0.4) is 0 Å². The predicted molar refractivity (Wildman–Crippen MR) is 60.2 cm³/mol. The van der Waals surface area contributed by atoms with Gasteiger partial charge in [-0.05, 0) is 34.7 Å². The van der Waals surface area contributed by atoms with Crippen LogP contribution >= 0.6 is 27.3 Å². The van der Waals surface area contributed by atoms with E-state index in [1.54, 1.807) is 11.3 Å². The third-order valence-corrected chi connectivity index (χ3v) is 4.13. The van der Waals surface area contributed by atoms with Crippen molar-refractivity contribution in [1.82, 2.24) is 4.98 Å². The topological polar surface area (TPSA) is 24.9 Å². The minimum Gasteiger partial charge on any atom is -0.358 e. The normalized spacial score (nSPS) is 27.8. The van der Waals surface area contributed by atoms with Crippen molar-refractivity contribution in [1.29, 1.82) is 0 Å². The molecule has 0 aromatic carbocycles. The Kier molecular flexibility index (Phi) is 2.89. The summed E-state index contributed by atoms with van der Waals surface area (Å²) in [6, 6.07) is 0.637. The number of hydrogen-bond donors (Lipinski definition) is 1. The van der Waals surface area contributed by atoms with Gasteiger partial charge in [-0.2, -0.15) is 0 Å². The Morgan fingerprint density at radius 1 is 1.62 bits per heavy atom. The van der Waals surface area contributed by atoms with E-state index in [-0.39, 0.29) is 0 Å². The molecule has 13 heavy (non-hydrogen) atoms. The number of nitrogens with one attached hydrogen (secondary N) is 1. The molecule has 1 fully saturated rings.